The van der Waals surface area contributed by atoms with E-state index in [0.29, 0.717) is 18.8 Å². The highest BCUT2D eigenvalue weighted by atomic mass is 16.4. The molecule has 5 heteroatoms. The lowest BCUT2D eigenvalue weighted by molar-refractivity contribution is -0.141. The number of amides is 2. The fourth-order valence-electron chi connectivity index (χ4n) is 2.25. The summed E-state index contributed by atoms with van der Waals surface area (Å²) in [5, 5.41) is 11.8. The van der Waals surface area contributed by atoms with Gasteiger partial charge in [-0.25, -0.2) is 4.79 Å². The Labute approximate surface area is 109 Å². The van der Waals surface area contributed by atoms with Crippen molar-refractivity contribution in [3.63, 3.8) is 0 Å². The van der Waals surface area contributed by atoms with Crippen LogP contribution in [0, 0.1) is 11.8 Å². The molecule has 1 unspecified atom stereocenters. The minimum Gasteiger partial charge on any atom is -0.481 e. The van der Waals surface area contributed by atoms with Crippen molar-refractivity contribution < 1.29 is 14.7 Å². The van der Waals surface area contributed by atoms with Crippen LogP contribution in [0.3, 0.4) is 0 Å². The van der Waals surface area contributed by atoms with E-state index >= 15 is 0 Å². The predicted octanol–water partition coefficient (Wildman–Crippen LogP) is 1.93. The summed E-state index contributed by atoms with van der Waals surface area (Å²) in [5.41, 5.74) is 0. The standard InChI is InChI=1S/C13H24N2O3/c1-8(2)9(3)15(4)13(18)14-11-6-5-10(7-11)12(16)17/h8-11H,5-7H2,1-4H3,(H,14,18)(H,16,17)/t9?,10-,11+/m1/s1. The molecule has 0 aliphatic heterocycles. The van der Waals surface area contributed by atoms with Crippen molar-refractivity contribution in [3.8, 4) is 0 Å². The quantitative estimate of drug-likeness (QED) is 0.807. The molecule has 0 radical (unpaired) electrons. The Bertz CT molecular complexity index is 317. The number of carbonyl (C=O) groups excluding carboxylic acids is 1. The molecule has 0 spiro atoms. The molecule has 0 saturated heterocycles. The fourth-order valence-corrected chi connectivity index (χ4v) is 2.25. The lowest BCUT2D eigenvalue weighted by Crippen LogP contribution is -2.47. The van der Waals surface area contributed by atoms with Crippen LogP contribution in [0.5, 0.6) is 0 Å². The SMILES string of the molecule is CC(C)C(C)N(C)C(=O)N[C@H]1CC[C@@H](C(=O)O)C1. The molecule has 0 aromatic heterocycles. The van der Waals surface area contributed by atoms with Gasteiger partial charge in [0.2, 0.25) is 0 Å². The van der Waals surface area contributed by atoms with Crippen molar-refractivity contribution in [3.05, 3.63) is 0 Å². The van der Waals surface area contributed by atoms with Gasteiger partial charge >= 0.3 is 12.0 Å². The maximum Gasteiger partial charge on any atom is 0.317 e. The monoisotopic (exact) mass is 256 g/mol. The molecule has 2 amide bonds. The lowest BCUT2D eigenvalue weighted by Gasteiger charge is -2.29. The first-order chi connectivity index (χ1) is 8.32. The highest BCUT2D eigenvalue weighted by Gasteiger charge is 2.31. The first-order valence-electron chi connectivity index (χ1n) is 6.59. The first-order valence-corrected chi connectivity index (χ1v) is 6.59. The number of carboxylic acids is 1. The summed E-state index contributed by atoms with van der Waals surface area (Å²) in [7, 11) is 1.78. The molecule has 1 aliphatic rings. The second-order valence-corrected chi connectivity index (χ2v) is 5.59. The molecule has 0 aromatic rings. The number of hydrogen-bond donors (Lipinski definition) is 2. The van der Waals surface area contributed by atoms with Crippen molar-refractivity contribution >= 4 is 12.0 Å². The van der Waals surface area contributed by atoms with Gasteiger partial charge in [0.1, 0.15) is 0 Å². The summed E-state index contributed by atoms with van der Waals surface area (Å²) in [5.74, 6) is -0.658. The summed E-state index contributed by atoms with van der Waals surface area (Å²) < 4.78 is 0. The summed E-state index contributed by atoms with van der Waals surface area (Å²) in [6.45, 7) is 6.16. The highest BCUT2D eigenvalue weighted by molar-refractivity contribution is 5.75. The molecular weight excluding hydrogens is 232 g/mol. The van der Waals surface area contributed by atoms with Gasteiger partial charge in [-0.2, -0.15) is 0 Å². The van der Waals surface area contributed by atoms with E-state index in [1.165, 1.54) is 0 Å². The third-order valence-corrected chi connectivity index (χ3v) is 4.01. The molecule has 0 heterocycles. The van der Waals surface area contributed by atoms with Gasteiger partial charge in [-0.05, 0) is 32.1 Å². The molecule has 1 saturated carbocycles. The van der Waals surface area contributed by atoms with Gasteiger partial charge in [0.05, 0.1) is 5.92 Å². The van der Waals surface area contributed by atoms with E-state index in [1.54, 1.807) is 11.9 Å². The molecular formula is C13H24N2O3. The molecule has 18 heavy (non-hydrogen) atoms. The van der Waals surface area contributed by atoms with Crippen LogP contribution in [-0.4, -0.2) is 41.1 Å². The normalized spacial score (nSPS) is 24.9. The number of carboxylic acid groups (broad SMARTS) is 1. The van der Waals surface area contributed by atoms with Crippen molar-refractivity contribution in [2.75, 3.05) is 7.05 Å². The van der Waals surface area contributed by atoms with Crippen LogP contribution >= 0.6 is 0 Å². The van der Waals surface area contributed by atoms with Gasteiger partial charge in [-0.15, -0.1) is 0 Å². The Kier molecular flexibility index (Phi) is 4.99. The van der Waals surface area contributed by atoms with Crippen LogP contribution in [-0.2, 0) is 4.79 Å². The molecule has 3 atom stereocenters. The second-order valence-electron chi connectivity index (χ2n) is 5.59. The molecule has 0 bridgehead atoms. The number of rotatable bonds is 4. The van der Waals surface area contributed by atoms with E-state index in [4.69, 9.17) is 5.11 Å². The predicted molar refractivity (Wildman–Crippen MR) is 69.4 cm³/mol. The number of hydrogen-bond acceptors (Lipinski definition) is 2. The fraction of sp³-hybridized carbons (Fsp3) is 0.846. The summed E-state index contributed by atoms with van der Waals surface area (Å²) in [6.07, 6.45) is 1.96. The van der Waals surface area contributed by atoms with E-state index in [1.807, 2.05) is 6.92 Å². The van der Waals surface area contributed by atoms with E-state index in [0.717, 1.165) is 6.42 Å². The first kappa shape index (κ1) is 14.8. The van der Waals surface area contributed by atoms with Crippen LogP contribution < -0.4 is 5.32 Å². The molecule has 5 nitrogen and oxygen atoms in total. The Morgan fingerprint density at radius 2 is 1.89 bits per heavy atom. The Morgan fingerprint density at radius 1 is 1.28 bits per heavy atom. The van der Waals surface area contributed by atoms with Crippen molar-refractivity contribution in [1.29, 1.82) is 0 Å². The maximum absolute atomic E-state index is 12.0. The van der Waals surface area contributed by atoms with Crippen LogP contribution in [0.2, 0.25) is 0 Å². The molecule has 1 rings (SSSR count). The minimum atomic E-state index is -0.754. The highest BCUT2D eigenvalue weighted by Crippen LogP contribution is 2.25. The van der Waals surface area contributed by atoms with E-state index in [2.05, 4.69) is 19.2 Å². The van der Waals surface area contributed by atoms with Crippen LogP contribution in [0.1, 0.15) is 40.0 Å². The number of nitrogens with zero attached hydrogens (tertiary/aromatic N) is 1. The largest absolute Gasteiger partial charge is 0.481 e. The van der Waals surface area contributed by atoms with Crippen LogP contribution in [0.25, 0.3) is 0 Å². The van der Waals surface area contributed by atoms with E-state index in [-0.39, 0.29) is 24.0 Å². The molecule has 104 valence electrons. The third kappa shape index (κ3) is 3.62. The van der Waals surface area contributed by atoms with E-state index < -0.39 is 5.97 Å². The lowest BCUT2D eigenvalue weighted by atomic mass is 10.1. The zero-order chi connectivity index (χ0) is 13.9. The molecule has 2 N–H and O–H groups in total. The minimum absolute atomic E-state index is 0.000382. The molecule has 1 aliphatic carbocycles. The average molecular weight is 256 g/mol. The Hall–Kier alpha value is -1.26. The zero-order valence-electron chi connectivity index (χ0n) is 11.6. The van der Waals surface area contributed by atoms with Crippen LogP contribution in [0.15, 0.2) is 0 Å². The van der Waals surface area contributed by atoms with Crippen LogP contribution in [0.4, 0.5) is 4.79 Å². The number of urea groups is 1. The topological polar surface area (TPSA) is 69.6 Å². The molecule has 0 aromatic carbocycles. The number of aliphatic carboxylic acids is 1. The summed E-state index contributed by atoms with van der Waals surface area (Å²) >= 11 is 0. The van der Waals surface area contributed by atoms with Gasteiger partial charge in [0, 0.05) is 19.1 Å². The zero-order valence-corrected chi connectivity index (χ0v) is 11.6. The van der Waals surface area contributed by atoms with Crippen molar-refractivity contribution in [2.24, 2.45) is 11.8 Å². The Morgan fingerprint density at radius 3 is 2.33 bits per heavy atom. The maximum atomic E-state index is 12.0. The van der Waals surface area contributed by atoms with Gasteiger partial charge in [0.25, 0.3) is 0 Å². The van der Waals surface area contributed by atoms with Gasteiger partial charge < -0.3 is 15.3 Å². The van der Waals surface area contributed by atoms with Gasteiger partial charge in [-0.1, -0.05) is 13.8 Å². The third-order valence-electron chi connectivity index (χ3n) is 4.01. The number of carbonyl (C=O) groups is 2. The smallest absolute Gasteiger partial charge is 0.317 e. The second kappa shape index (κ2) is 6.07. The van der Waals surface area contributed by atoms with E-state index in [9.17, 15) is 9.59 Å². The van der Waals surface area contributed by atoms with Gasteiger partial charge in [-0.3, -0.25) is 4.79 Å². The van der Waals surface area contributed by atoms with Crippen molar-refractivity contribution in [2.45, 2.75) is 52.1 Å². The number of nitrogens with one attached hydrogen (secondary N) is 1. The molecule has 1 fully saturated rings. The average Bonchev–Trinajstić information content (AvgIpc) is 2.75. The summed E-state index contributed by atoms with van der Waals surface area (Å²) in [4.78, 5) is 24.5. The summed E-state index contributed by atoms with van der Waals surface area (Å²) in [6, 6.07) is 0.0642. The van der Waals surface area contributed by atoms with Crippen molar-refractivity contribution in [1.82, 2.24) is 10.2 Å². The van der Waals surface area contributed by atoms with Gasteiger partial charge in [0.15, 0.2) is 0 Å². The Balaban J connectivity index is 2.44.